The fourth-order valence-corrected chi connectivity index (χ4v) is 2.96. The van der Waals surface area contributed by atoms with Gasteiger partial charge in [0.05, 0.1) is 5.54 Å². The topological polar surface area (TPSA) is 66.7 Å². The zero-order chi connectivity index (χ0) is 11.0. The van der Waals surface area contributed by atoms with E-state index in [4.69, 9.17) is 5.73 Å². The number of imidazole rings is 1. The molecule has 1 aliphatic heterocycles. The average molecular weight is 220 g/mol. The van der Waals surface area contributed by atoms with Crippen LogP contribution in [-0.2, 0) is 5.54 Å². The number of H-pyrrole nitrogens is 1. The van der Waals surface area contributed by atoms with Crippen LogP contribution in [0.3, 0.4) is 0 Å². The maximum Gasteiger partial charge on any atom is 0.126 e. The number of nitrogens with zero attached hydrogens (tertiary/aromatic N) is 1. The largest absolute Gasteiger partial charge is 0.344 e. The second-order valence-corrected chi connectivity index (χ2v) is 5.24. The van der Waals surface area contributed by atoms with Crippen LogP contribution in [0.5, 0.6) is 0 Å². The summed E-state index contributed by atoms with van der Waals surface area (Å²) in [5, 5.41) is 3.38. The van der Waals surface area contributed by atoms with E-state index in [0.29, 0.717) is 5.92 Å². The smallest absolute Gasteiger partial charge is 0.126 e. The van der Waals surface area contributed by atoms with Gasteiger partial charge in [-0.15, -0.1) is 0 Å². The minimum Gasteiger partial charge on any atom is -0.344 e. The minimum atomic E-state index is -0.176. The van der Waals surface area contributed by atoms with Gasteiger partial charge in [-0.1, -0.05) is 12.8 Å². The van der Waals surface area contributed by atoms with Crippen molar-refractivity contribution in [1.29, 1.82) is 0 Å². The lowest BCUT2D eigenvalue weighted by atomic mass is 9.98. The summed E-state index contributed by atoms with van der Waals surface area (Å²) in [6.45, 7) is 2.19. The van der Waals surface area contributed by atoms with Gasteiger partial charge in [0, 0.05) is 24.4 Å². The minimum absolute atomic E-state index is 0.176. The highest BCUT2D eigenvalue weighted by atomic mass is 15.0. The Kier molecular flexibility index (Phi) is 2.48. The summed E-state index contributed by atoms with van der Waals surface area (Å²) < 4.78 is 0. The van der Waals surface area contributed by atoms with Gasteiger partial charge in [0.1, 0.15) is 5.82 Å². The molecule has 3 rings (SSSR count). The fraction of sp³-hybridized carbons (Fsp3) is 0.750. The first-order valence-electron chi connectivity index (χ1n) is 6.33. The fourth-order valence-electron chi connectivity index (χ4n) is 2.96. The summed E-state index contributed by atoms with van der Waals surface area (Å²) in [7, 11) is 0. The summed E-state index contributed by atoms with van der Waals surface area (Å²) >= 11 is 0. The maximum atomic E-state index is 6.38. The van der Waals surface area contributed by atoms with Crippen molar-refractivity contribution in [2.75, 3.05) is 13.1 Å². The molecular weight excluding hydrogens is 200 g/mol. The monoisotopic (exact) mass is 220 g/mol. The van der Waals surface area contributed by atoms with Crippen molar-refractivity contribution in [3.05, 3.63) is 17.7 Å². The highest BCUT2D eigenvalue weighted by molar-refractivity contribution is 5.16. The molecule has 1 atom stereocenters. The van der Waals surface area contributed by atoms with Crippen molar-refractivity contribution in [3.63, 3.8) is 0 Å². The number of nitrogens with one attached hydrogen (secondary N) is 2. The highest BCUT2D eigenvalue weighted by Gasteiger charge is 2.34. The third-order valence-corrected chi connectivity index (χ3v) is 4.06. The maximum absolute atomic E-state index is 6.38. The van der Waals surface area contributed by atoms with Gasteiger partial charge in [-0.3, -0.25) is 0 Å². The van der Waals surface area contributed by atoms with Gasteiger partial charge in [-0.05, 0) is 25.8 Å². The Balaban J connectivity index is 1.81. The number of hydrogen-bond donors (Lipinski definition) is 3. The summed E-state index contributed by atoms with van der Waals surface area (Å²) in [6, 6.07) is 0. The molecule has 0 spiro atoms. The molecule has 0 radical (unpaired) electrons. The van der Waals surface area contributed by atoms with E-state index in [-0.39, 0.29) is 5.54 Å². The molecule has 0 bridgehead atoms. The van der Waals surface area contributed by atoms with E-state index in [2.05, 4.69) is 15.3 Å². The van der Waals surface area contributed by atoms with Crippen LogP contribution in [0.15, 0.2) is 6.20 Å². The molecule has 2 heterocycles. The van der Waals surface area contributed by atoms with Gasteiger partial charge >= 0.3 is 0 Å². The Morgan fingerprint density at radius 1 is 1.38 bits per heavy atom. The first kappa shape index (κ1) is 10.3. The standard InChI is InChI=1S/C12H20N4/c13-12(4-1-2-5-12)11-15-8-10(16-11)9-3-6-14-7-9/h8-9,14H,1-7,13H2,(H,15,16). The zero-order valence-corrected chi connectivity index (χ0v) is 9.63. The predicted octanol–water partition coefficient (Wildman–Crippen LogP) is 1.21. The molecule has 1 aliphatic carbocycles. The van der Waals surface area contributed by atoms with Crippen LogP contribution < -0.4 is 11.1 Å². The van der Waals surface area contributed by atoms with Crippen molar-refractivity contribution in [3.8, 4) is 0 Å². The molecule has 2 fully saturated rings. The second-order valence-electron chi connectivity index (χ2n) is 5.24. The average Bonchev–Trinajstić information content (AvgIpc) is 2.98. The van der Waals surface area contributed by atoms with Crippen LogP contribution in [0.2, 0.25) is 0 Å². The van der Waals surface area contributed by atoms with Crippen LogP contribution in [0.4, 0.5) is 0 Å². The van der Waals surface area contributed by atoms with Crippen molar-refractivity contribution in [2.24, 2.45) is 5.73 Å². The Hall–Kier alpha value is -0.870. The Labute approximate surface area is 96.0 Å². The van der Waals surface area contributed by atoms with Gasteiger partial charge in [0.25, 0.3) is 0 Å². The van der Waals surface area contributed by atoms with Crippen molar-refractivity contribution >= 4 is 0 Å². The molecule has 1 saturated heterocycles. The summed E-state index contributed by atoms with van der Waals surface area (Å²) in [4.78, 5) is 7.97. The molecule has 4 heteroatoms. The molecule has 0 aromatic carbocycles. The molecule has 1 unspecified atom stereocenters. The lowest BCUT2D eigenvalue weighted by molar-refractivity contribution is 0.434. The molecule has 4 N–H and O–H groups in total. The molecular formula is C12H20N4. The predicted molar refractivity (Wildman–Crippen MR) is 63.1 cm³/mol. The third-order valence-electron chi connectivity index (χ3n) is 4.06. The van der Waals surface area contributed by atoms with Crippen LogP contribution in [0.1, 0.15) is 49.5 Å². The normalized spacial score (nSPS) is 28.7. The molecule has 0 amide bonds. The van der Waals surface area contributed by atoms with Crippen LogP contribution in [-0.4, -0.2) is 23.1 Å². The highest BCUT2D eigenvalue weighted by Crippen LogP contribution is 2.35. The van der Waals surface area contributed by atoms with Crippen LogP contribution >= 0.6 is 0 Å². The van der Waals surface area contributed by atoms with Crippen molar-refractivity contribution < 1.29 is 0 Å². The van der Waals surface area contributed by atoms with Crippen molar-refractivity contribution in [1.82, 2.24) is 15.3 Å². The Morgan fingerprint density at radius 3 is 2.88 bits per heavy atom. The molecule has 2 aliphatic rings. The van der Waals surface area contributed by atoms with Gasteiger partial charge in [-0.25, -0.2) is 4.98 Å². The van der Waals surface area contributed by atoms with Gasteiger partial charge in [0.15, 0.2) is 0 Å². The molecule has 1 saturated carbocycles. The van der Waals surface area contributed by atoms with Gasteiger partial charge in [-0.2, -0.15) is 0 Å². The van der Waals surface area contributed by atoms with E-state index in [0.717, 1.165) is 31.8 Å². The Bertz CT molecular complexity index is 359. The summed E-state index contributed by atoms with van der Waals surface area (Å²) in [5.41, 5.74) is 7.47. The first-order chi connectivity index (χ1) is 7.78. The van der Waals surface area contributed by atoms with Gasteiger partial charge in [0.2, 0.25) is 0 Å². The summed E-state index contributed by atoms with van der Waals surface area (Å²) in [6.07, 6.45) is 7.81. The van der Waals surface area contributed by atoms with E-state index in [9.17, 15) is 0 Å². The number of aromatic nitrogens is 2. The quantitative estimate of drug-likeness (QED) is 0.702. The lowest BCUT2D eigenvalue weighted by Gasteiger charge is -2.20. The number of nitrogens with two attached hydrogens (primary N) is 1. The number of hydrogen-bond acceptors (Lipinski definition) is 3. The van der Waals surface area contributed by atoms with Crippen LogP contribution in [0, 0.1) is 0 Å². The molecule has 4 nitrogen and oxygen atoms in total. The SMILES string of the molecule is NC1(c2ncc(C3CCNC3)[nH]2)CCCC1. The molecule has 1 aromatic heterocycles. The van der Waals surface area contributed by atoms with E-state index < -0.39 is 0 Å². The number of aromatic amines is 1. The lowest BCUT2D eigenvalue weighted by Crippen LogP contribution is -2.34. The third kappa shape index (κ3) is 1.66. The van der Waals surface area contributed by atoms with E-state index in [1.165, 1.54) is 25.0 Å². The van der Waals surface area contributed by atoms with E-state index in [1.807, 2.05) is 6.20 Å². The molecule has 88 valence electrons. The zero-order valence-electron chi connectivity index (χ0n) is 9.63. The number of rotatable bonds is 2. The molecule has 1 aromatic rings. The van der Waals surface area contributed by atoms with Crippen LogP contribution in [0.25, 0.3) is 0 Å². The van der Waals surface area contributed by atoms with Gasteiger partial charge < -0.3 is 16.0 Å². The second kappa shape index (κ2) is 3.86. The van der Waals surface area contributed by atoms with Crippen molar-refractivity contribution in [2.45, 2.75) is 43.6 Å². The van der Waals surface area contributed by atoms with E-state index in [1.54, 1.807) is 0 Å². The first-order valence-corrected chi connectivity index (χ1v) is 6.33. The Morgan fingerprint density at radius 2 is 2.19 bits per heavy atom. The van der Waals surface area contributed by atoms with E-state index >= 15 is 0 Å². The summed E-state index contributed by atoms with van der Waals surface area (Å²) in [5.74, 6) is 1.61. The molecule has 16 heavy (non-hydrogen) atoms.